The van der Waals surface area contributed by atoms with Crippen LogP contribution in [0.1, 0.15) is 37.3 Å². The van der Waals surface area contributed by atoms with Gasteiger partial charge in [0.15, 0.2) is 0 Å². The third kappa shape index (κ3) is 4.38. The molecule has 2 fully saturated rings. The van der Waals surface area contributed by atoms with Crippen LogP contribution in [0.2, 0.25) is 0 Å². The van der Waals surface area contributed by atoms with Gasteiger partial charge in [-0.05, 0) is 43.9 Å². The second-order valence-corrected chi connectivity index (χ2v) is 8.59. The van der Waals surface area contributed by atoms with Crippen molar-refractivity contribution in [2.24, 2.45) is 5.92 Å². The topological polar surface area (TPSA) is 71.5 Å². The van der Waals surface area contributed by atoms with Crippen LogP contribution in [0.25, 0.3) is 0 Å². The molecular weight excluding hydrogens is 378 g/mol. The standard InChI is InChI=1S/C24H29N3O3/c1-17-5-7-19(8-6-17)14-22(28)27-13-11-24(18(2)16-27)10-9-21(30-24)23(29)26-20-4-3-12-25-15-20/h3-8,12,15,18,21H,9-11,13-14,16H2,1-2H3,(H,26,29)/t18-,21+,24-/m1/s1. The van der Waals surface area contributed by atoms with E-state index in [1.165, 1.54) is 5.56 Å². The summed E-state index contributed by atoms with van der Waals surface area (Å²) < 4.78 is 6.33. The highest BCUT2D eigenvalue weighted by Gasteiger charge is 2.49. The molecule has 1 N–H and O–H groups in total. The number of pyridine rings is 1. The van der Waals surface area contributed by atoms with Crippen molar-refractivity contribution in [1.29, 1.82) is 0 Å². The van der Waals surface area contributed by atoms with Crippen LogP contribution < -0.4 is 5.32 Å². The van der Waals surface area contributed by atoms with Crippen LogP contribution in [0.4, 0.5) is 5.69 Å². The maximum absolute atomic E-state index is 12.8. The van der Waals surface area contributed by atoms with Gasteiger partial charge in [-0.25, -0.2) is 0 Å². The molecule has 0 aliphatic carbocycles. The zero-order valence-electron chi connectivity index (χ0n) is 17.6. The number of amides is 2. The van der Waals surface area contributed by atoms with Crippen LogP contribution in [0.15, 0.2) is 48.8 Å². The molecule has 2 saturated heterocycles. The number of nitrogens with one attached hydrogen (secondary N) is 1. The van der Waals surface area contributed by atoms with E-state index in [0.717, 1.165) is 18.4 Å². The minimum absolute atomic E-state index is 0.120. The van der Waals surface area contributed by atoms with Crippen molar-refractivity contribution in [3.8, 4) is 0 Å². The lowest BCUT2D eigenvalue weighted by atomic mass is 9.80. The average Bonchev–Trinajstić information content (AvgIpc) is 3.18. The first-order valence-electron chi connectivity index (χ1n) is 10.7. The first kappa shape index (κ1) is 20.5. The van der Waals surface area contributed by atoms with Gasteiger partial charge in [-0.1, -0.05) is 36.8 Å². The fraction of sp³-hybridized carbons (Fsp3) is 0.458. The van der Waals surface area contributed by atoms with Crippen molar-refractivity contribution >= 4 is 17.5 Å². The van der Waals surface area contributed by atoms with E-state index in [1.807, 2.05) is 42.2 Å². The number of hydrogen-bond donors (Lipinski definition) is 1. The van der Waals surface area contributed by atoms with Gasteiger partial charge >= 0.3 is 0 Å². The van der Waals surface area contributed by atoms with Gasteiger partial charge in [-0.3, -0.25) is 14.6 Å². The van der Waals surface area contributed by atoms with E-state index in [1.54, 1.807) is 18.5 Å². The van der Waals surface area contributed by atoms with Crippen LogP contribution in [0.5, 0.6) is 0 Å². The number of anilines is 1. The van der Waals surface area contributed by atoms with Gasteiger partial charge in [0.1, 0.15) is 6.10 Å². The summed E-state index contributed by atoms with van der Waals surface area (Å²) >= 11 is 0. The number of aromatic nitrogens is 1. The molecule has 0 radical (unpaired) electrons. The molecular formula is C24H29N3O3. The molecule has 6 heteroatoms. The SMILES string of the molecule is Cc1ccc(CC(=O)N2CC[C@]3(CC[C@@H](C(=O)Nc4cccnc4)O3)[C@H](C)C2)cc1. The number of aryl methyl sites for hydroxylation is 1. The largest absolute Gasteiger partial charge is 0.362 e. The third-order valence-corrected chi connectivity index (χ3v) is 6.45. The maximum Gasteiger partial charge on any atom is 0.253 e. The third-order valence-electron chi connectivity index (χ3n) is 6.45. The lowest BCUT2D eigenvalue weighted by Gasteiger charge is -2.44. The second-order valence-electron chi connectivity index (χ2n) is 8.59. The molecule has 2 amide bonds. The Morgan fingerprint density at radius 2 is 2.03 bits per heavy atom. The number of rotatable bonds is 4. The first-order chi connectivity index (χ1) is 14.4. The van der Waals surface area contributed by atoms with Crippen molar-refractivity contribution in [3.63, 3.8) is 0 Å². The smallest absolute Gasteiger partial charge is 0.253 e. The Labute approximate surface area is 177 Å². The van der Waals surface area contributed by atoms with E-state index in [2.05, 4.69) is 17.2 Å². The van der Waals surface area contributed by atoms with E-state index in [-0.39, 0.29) is 23.3 Å². The summed E-state index contributed by atoms with van der Waals surface area (Å²) in [5, 5.41) is 2.89. The van der Waals surface area contributed by atoms with Crippen molar-refractivity contribution in [2.45, 2.75) is 51.2 Å². The van der Waals surface area contributed by atoms with E-state index in [4.69, 9.17) is 4.74 Å². The minimum Gasteiger partial charge on any atom is -0.362 e. The van der Waals surface area contributed by atoms with Crippen molar-refractivity contribution in [3.05, 3.63) is 59.9 Å². The maximum atomic E-state index is 12.8. The number of nitrogens with zero attached hydrogens (tertiary/aromatic N) is 2. The Balaban J connectivity index is 1.33. The average molecular weight is 408 g/mol. The fourth-order valence-electron chi connectivity index (χ4n) is 4.54. The highest BCUT2D eigenvalue weighted by atomic mass is 16.5. The summed E-state index contributed by atoms with van der Waals surface area (Å²) in [5.74, 6) is 0.221. The predicted molar refractivity (Wildman–Crippen MR) is 115 cm³/mol. The number of carbonyl (C=O) groups is 2. The molecule has 0 saturated carbocycles. The number of hydrogen-bond acceptors (Lipinski definition) is 4. The Morgan fingerprint density at radius 1 is 1.23 bits per heavy atom. The van der Waals surface area contributed by atoms with Crippen LogP contribution in [-0.2, 0) is 20.7 Å². The van der Waals surface area contributed by atoms with Gasteiger partial charge in [-0.2, -0.15) is 0 Å². The lowest BCUT2D eigenvalue weighted by Crippen LogP contribution is -2.53. The summed E-state index contributed by atoms with van der Waals surface area (Å²) in [4.78, 5) is 31.4. The van der Waals surface area contributed by atoms with Crippen LogP contribution >= 0.6 is 0 Å². The number of ether oxygens (including phenoxy) is 1. The molecule has 1 aromatic heterocycles. The molecule has 3 atom stereocenters. The molecule has 158 valence electrons. The van der Waals surface area contributed by atoms with Gasteiger partial charge in [0, 0.05) is 25.2 Å². The molecule has 0 unspecified atom stereocenters. The predicted octanol–water partition coefficient (Wildman–Crippen LogP) is 3.36. The van der Waals surface area contributed by atoms with Crippen LogP contribution in [0, 0.1) is 12.8 Å². The number of piperidine rings is 1. The molecule has 2 aliphatic rings. The summed E-state index contributed by atoms with van der Waals surface area (Å²) in [5.41, 5.74) is 2.59. The van der Waals surface area contributed by atoms with E-state index in [0.29, 0.717) is 31.6 Å². The minimum atomic E-state index is -0.456. The zero-order valence-corrected chi connectivity index (χ0v) is 17.6. The first-order valence-corrected chi connectivity index (χ1v) is 10.7. The number of carbonyl (C=O) groups excluding carboxylic acids is 2. The Morgan fingerprint density at radius 3 is 2.73 bits per heavy atom. The van der Waals surface area contributed by atoms with Gasteiger partial charge in [0.05, 0.1) is 23.9 Å². The highest BCUT2D eigenvalue weighted by Crippen LogP contribution is 2.42. The molecule has 1 aromatic carbocycles. The van der Waals surface area contributed by atoms with E-state index in [9.17, 15) is 9.59 Å². The van der Waals surface area contributed by atoms with Crippen molar-refractivity contribution < 1.29 is 14.3 Å². The summed E-state index contributed by atoms with van der Waals surface area (Å²) in [6.45, 7) is 5.52. The summed E-state index contributed by atoms with van der Waals surface area (Å²) in [6, 6.07) is 11.7. The highest BCUT2D eigenvalue weighted by molar-refractivity contribution is 5.94. The molecule has 1 spiro atoms. The van der Waals surface area contributed by atoms with Gasteiger partial charge < -0.3 is 15.0 Å². The second kappa shape index (κ2) is 8.56. The number of benzene rings is 1. The Kier molecular flexibility index (Phi) is 5.86. The van der Waals surface area contributed by atoms with Crippen molar-refractivity contribution in [1.82, 2.24) is 9.88 Å². The van der Waals surface area contributed by atoms with Crippen LogP contribution in [-0.4, -0.2) is 46.5 Å². The quantitative estimate of drug-likeness (QED) is 0.844. The lowest BCUT2D eigenvalue weighted by molar-refractivity contribution is -0.151. The van der Waals surface area contributed by atoms with Gasteiger partial charge in [0.25, 0.3) is 5.91 Å². The van der Waals surface area contributed by atoms with Crippen molar-refractivity contribution in [2.75, 3.05) is 18.4 Å². The van der Waals surface area contributed by atoms with Gasteiger partial charge in [-0.15, -0.1) is 0 Å². The fourth-order valence-corrected chi connectivity index (χ4v) is 4.54. The molecule has 30 heavy (non-hydrogen) atoms. The van der Waals surface area contributed by atoms with Gasteiger partial charge in [0.2, 0.25) is 5.91 Å². The molecule has 2 aliphatic heterocycles. The molecule has 2 aromatic rings. The van der Waals surface area contributed by atoms with E-state index < -0.39 is 6.10 Å². The Bertz CT molecular complexity index is 900. The molecule has 6 nitrogen and oxygen atoms in total. The zero-order chi connectivity index (χ0) is 21.1. The number of likely N-dealkylation sites (tertiary alicyclic amines) is 1. The van der Waals surface area contributed by atoms with Crippen LogP contribution in [0.3, 0.4) is 0 Å². The normalized spacial score (nSPS) is 26.0. The summed E-state index contributed by atoms with van der Waals surface area (Å²) in [6.07, 6.45) is 5.59. The Hall–Kier alpha value is -2.73. The molecule has 3 heterocycles. The monoisotopic (exact) mass is 407 g/mol. The van der Waals surface area contributed by atoms with E-state index >= 15 is 0 Å². The molecule has 0 bridgehead atoms. The molecule has 4 rings (SSSR count). The summed E-state index contributed by atoms with van der Waals surface area (Å²) in [7, 11) is 0.